The molecule has 0 saturated carbocycles. The molecule has 0 amide bonds. The van der Waals surface area contributed by atoms with E-state index in [-0.39, 0.29) is 12.0 Å². The van der Waals surface area contributed by atoms with Gasteiger partial charge in [-0.3, -0.25) is 0 Å². The Kier molecular flexibility index (Phi) is 6.60. The molecule has 0 radical (unpaired) electrons. The van der Waals surface area contributed by atoms with Crippen LogP contribution in [0.1, 0.15) is 31.9 Å². The number of halogens is 1. The number of benzene rings is 1. The van der Waals surface area contributed by atoms with Crippen LogP contribution in [0.15, 0.2) is 35.9 Å². The van der Waals surface area contributed by atoms with E-state index in [0.29, 0.717) is 18.5 Å². The first-order chi connectivity index (χ1) is 9.10. The van der Waals surface area contributed by atoms with Crippen molar-refractivity contribution in [2.75, 3.05) is 13.7 Å². The van der Waals surface area contributed by atoms with E-state index in [4.69, 9.17) is 16.3 Å². The molecule has 19 heavy (non-hydrogen) atoms. The zero-order valence-corrected chi connectivity index (χ0v) is 12.3. The SMILES string of the molecule is CC/C(=C/CNC(C)c1ccccc1Cl)C(=O)OC. The first-order valence-electron chi connectivity index (χ1n) is 6.35. The van der Waals surface area contributed by atoms with Crippen LogP contribution in [0.5, 0.6) is 0 Å². The highest BCUT2D eigenvalue weighted by atomic mass is 35.5. The number of hydrogen-bond donors (Lipinski definition) is 1. The third-order valence-corrected chi connectivity index (χ3v) is 3.32. The predicted octanol–water partition coefficient (Wildman–Crippen LogP) is 3.50. The van der Waals surface area contributed by atoms with Gasteiger partial charge in [0.05, 0.1) is 7.11 Å². The topological polar surface area (TPSA) is 38.3 Å². The fourth-order valence-corrected chi connectivity index (χ4v) is 2.10. The standard InChI is InChI=1S/C15H20ClNO2/c1-4-12(15(18)19-3)9-10-17-11(2)13-7-5-6-8-14(13)16/h5-9,11,17H,4,10H2,1-3H3/b12-9-. The number of hydrogen-bond acceptors (Lipinski definition) is 3. The van der Waals surface area contributed by atoms with Crippen LogP contribution in [0.2, 0.25) is 5.02 Å². The van der Waals surface area contributed by atoms with Crippen molar-refractivity contribution in [1.82, 2.24) is 5.32 Å². The number of methoxy groups -OCH3 is 1. The summed E-state index contributed by atoms with van der Waals surface area (Å²) < 4.78 is 4.71. The largest absolute Gasteiger partial charge is 0.466 e. The number of esters is 1. The van der Waals surface area contributed by atoms with E-state index in [2.05, 4.69) is 5.32 Å². The first kappa shape index (κ1) is 15.7. The molecule has 3 nitrogen and oxygen atoms in total. The van der Waals surface area contributed by atoms with Crippen LogP contribution in [0.4, 0.5) is 0 Å². The Labute approximate surface area is 119 Å². The van der Waals surface area contributed by atoms with Gasteiger partial charge in [-0.25, -0.2) is 4.79 Å². The van der Waals surface area contributed by atoms with Gasteiger partial charge in [0.25, 0.3) is 0 Å². The van der Waals surface area contributed by atoms with E-state index >= 15 is 0 Å². The quantitative estimate of drug-likeness (QED) is 0.641. The first-order valence-corrected chi connectivity index (χ1v) is 6.73. The molecule has 4 heteroatoms. The maximum atomic E-state index is 11.4. The zero-order valence-electron chi connectivity index (χ0n) is 11.6. The van der Waals surface area contributed by atoms with Gasteiger partial charge in [0.2, 0.25) is 0 Å². The van der Waals surface area contributed by atoms with Gasteiger partial charge in [-0.2, -0.15) is 0 Å². The molecule has 1 aromatic rings. The predicted molar refractivity (Wildman–Crippen MR) is 78.3 cm³/mol. The summed E-state index contributed by atoms with van der Waals surface area (Å²) in [5, 5.41) is 4.06. The summed E-state index contributed by atoms with van der Waals surface area (Å²) in [5.41, 5.74) is 1.73. The molecule has 1 rings (SSSR count). The lowest BCUT2D eigenvalue weighted by Crippen LogP contribution is -2.20. The van der Waals surface area contributed by atoms with Crippen molar-refractivity contribution >= 4 is 17.6 Å². The van der Waals surface area contributed by atoms with Gasteiger partial charge >= 0.3 is 5.97 Å². The Bertz CT molecular complexity index is 457. The highest BCUT2D eigenvalue weighted by molar-refractivity contribution is 6.31. The molecule has 1 N–H and O–H groups in total. The van der Waals surface area contributed by atoms with Crippen LogP contribution in [-0.4, -0.2) is 19.6 Å². The average molecular weight is 282 g/mol. The van der Waals surface area contributed by atoms with E-state index in [1.165, 1.54) is 7.11 Å². The monoisotopic (exact) mass is 281 g/mol. The molecular weight excluding hydrogens is 262 g/mol. The molecule has 0 aliphatic rings. The minimum atomic E-state index is -0.269. The number of carbonyl (C=O) groups is 1. The Morgan fingerprint density at radius 2 is 2.16 bits per heavy atom. The highest BCUT2D eigenvalue weighted by Crippen LogP contribution is 2.21. The van der Waals surface area contributed by atoms with E-state index in [0.717, 1.165) is 10.6 Å². The third-order valence-electron chi connectivity index (χ3n) is 2.97. The van der Waals surface area contributed by atoms with Crippen molar-refractivity contribution in [3.8, 4) is 0 Å². The molecule has 0 saturated heterocycles. The van der Waals surface area contributed by atoms with Gasteiger partial charge < -0.3 is 10.1 Å². The number of rotatable bonds is 6. The summed E-state index contributed by atoms with van der Waals surface area (Å²) in [6.45, 7) is 4.57. The summed E-state index contributed by atoms with van der Waals surface area (Å²) in [5.74, 6) is -0.269. The Morgan fingerprint density at radius 3 is 2.74 bits per heavy atom. The Hall–Kier alpha value is -1.32. The van der Waals surface area contributed by atoms with Gasteiger partial charge in [0.1, 0.15) is 0 Å². The zero-order chi connectivity index (χ0) is 14.3. The molecule has 0 bridgehead atoms. The van der Waals surface area contributed by atoms with E-state index in [9.17, 15) is 4.79 Å². The van der Waals surface area contributed by atoms with Crippen molar-refractivity contribution in [3.05, 3.63) is 46.5 Å². The molecule has 0 aliphatic heterocycles. The fraction of sp³-hybridized carbons (Fsp3) is 0.400. The molecule has 0 aromatic heterocycles. The molecular formula is C15H20ClNO2. The van der Waals surface area contributed by atoms with Crippen LogP contribution >= 0.6 is 11.6 Å². The van der Waals surface area contributed by atoms with E-state index in [1.807, 2.05) is 44.2 Å². The van der Waals surface area contributed by atoms with Crippen LogP contribution in [0.25, 0.3) is 0 Å². The van der Waals surface area contributed by atoms with Gasteiger partial charge in [-0.05, 0) is 25.0 Å². The van der Waals surface area contributed by atoms with Crippen molar-refractivity contribution in [1.29, 1.82) is 0 Å². The number of ether oxygens (including phenoxy) is 1. The maximum absolute atomic E-state index is 11.4. The van der Waals surface area contributed by atoms with Crippen molar-refractivity contribution < 1.29 is 9.53 Å². The lowest BCUT2D eigenvalue weighted by Gasteiger charge is -2.14. The third kappa shape index (κ3) is 4.69. The van der Waals surface area contributed by atoms with Crippen LogP contribution < -0.4 is 5.32 Å². The van der Waals surface area contributed by atoms with Crippen molar-refractivity contribution in [2.24, 2.45) is 0 Å². The fourth-order valence-electron chi connectivity index (χ4n) is 1.80. The van der Waals surface area contributed by atoms with Gasteiger partial charge in [0.15, 0.2) is 0 Å². The molecule has 0 heterocycles. The second-order valence-electron chi connectivity index (χ2n) is 4.23. The van der Waals surface area contributed by atoms with Crippen LogP contribution in [0.3, 0.4) is 0 Å². The number of carbonyl (C=O) groups excluding carboxylic acids is 1. The summed E-state index contributed by atoms with van der Waals surface area (Å²) in [7, 11) is 1.39. The lowest BCUT2D eigenvalue weighted by molar-refractivity contribution is -0.136. The summed E-state index contributed by atoms with van der Waals surface area (Å²) in [6, 6.07) is 7.86. The average Bonchev–Trinajstić information content (AvgIpc) is 2.43. The second-order valence-corrected chi connectivity index (χ2v) is 4.63. The lowest BCUT2D eigenvalue weighted by atomic mass is 10.1. The maximum Gasteiger partial charge on any atom is 0.333 e. The van der Waals surface area contributed by atoms with Crippen LogP contribution in [-0.2, 0) is 9.53 Å². The Morgan fingerprint density at radius 1 is 1.47 bits per heavy atom. The minimum Gasteiger partial charge on any atom is -0.466 e. The van der Waals surface area contributed by atoms with Gasteiger partial charge in [-0.1, -0.05) is 42.8 Å². The summed E-state index contributed by atoms with van der Waals surface area (Å²) in [4.78, 5) is 11.4. The highest BCUT2D eigenvalue weighted by Gasteiger charge is 2.09. The molecule has 1 aromatic carbocycles. The van der Waals surface area contributed by atoms with Crippen molar-refractivity contribution in [3.63, 3.8) is 0 Å². The van der Waals surface area contributed by atoms with E-state index < -0.39 is 0 Å². The molecule has 0 spiro atoms. The molecule has 0 aliphatic carbocycles. The molecule has 1 atom stereocenters. The van der Waals surface area contributed by atoms with Gasteiger partial charge in [0, 0.05) is 23.2 Å². The normalized spacial score (nSPS) is 13.2. The molecule has 104 valence electrons. The van der Waals surface area contributed by atoms with Gasteiger partial charge in [-0.15, -0.1) is 0 Å². The Balaban J connectivity index is 2.60. The number of nitrogens with one attached hydrogen (secondary N) is 1. The molecule has 1 unspecified atom stereocenters. The summed E-state index contributed by atoms with van der Waals surface area (Å²) >= 11 is 6.13. The van der Waals surface area contributed by atoms with Crippen molar-refractivity contribution in [2.45, 2.75) is 26.3 Å². The molecule has 0 fully saturated rings. The minimum absolute atomic E-state index is 0.126. The van der Waals surface area contributed by atoms with Crippen LogP contribution in [0, 0.1) is 0 Å². The summed E-state index contributed by atoms with van der Waals surface area (Å²) in [6.07, 6.45) is 2.52. The second kappa shape index (κ2) is 7.97. The smallest absolute Gasteiger partial charge is 0.333 e. The van der Waals surface area contributed by atoms with E-state index in [1.54, 1.807) is 0 Å².